The van der Waals surface area contributed by atoms with Gasteiger partial charge in [-0.15, -0.1) is 35.3 Å². The molecule has 3 rings (SSSR count). The van der Waals surface area contributed by atoms with Gasteiger partial charge in [-0.05, 0) is 19.1 Å². The molecule has 11 atom stereocenters. The SMILES string of the molecule is CS[C@H]1C[C@@H](S[C@H]2C[C@@H](S[C@H]3C[C@@H](O)C[C@@H](CO)O3)[C@H](O)[C@@H](CO)O2)[C@H](O)[C@@H](CO)O1. The number of hydrogen-bond acceptors (Lipinski definition) is 12. The molecule has 0 radical (unpaired) electrons. The van der Waals surface area contributed by atoms with Crippen molar-refractivity contribution in [1.29, 1.82) is 0 Å². The van der Waals surface area contributed by atoms with E-state index in [0.717, 1.165) is 0 Å². The van der Waals surface area contributed by atoms with Crippen molar-refractivity contribution in [2.75, 3.05) is 26.1 Å². The third-order valence-electron chi connectivity index (χ3n) is 5.85. The lowest BCUT2D eigenvalue weighted by Gasteiger charge is -2.43. The lowest BCUT2D eigenvalue weighted by Crippen LogP contribution is -2.51. The Morgan fingerprint density at radius 2 is 1.19 bits per heavy atom. The van der Waals surface area contributed by atoms with Gasteiger partial charge in [-0.3, -0.25) is 0 Å². The van der Waals surface area contributed by atoms with Gasteiger partial charge in [-0.25, -0.2) is 0 Å². The van der Waals surface area contributed by atoms with Gasteiger partial charge in [0.1, 0.15) is 28.5 Å². The Kier molecular flexibility index (Phi) is 10.5. The average molecular weight is 503 g/mol. The molecule has 0 unspecified atom stereocenters. The zero-order chi connectivity index (χ0) is 22.5. The molecule has 0 bridgehead atoms. The van der Waals surface area contributed by atoms with Gasteiger partial charge in [0.2, 0.25) is 0 Å². The topological polar surface area (TPSA) is 149 Å². The van der Waals surface area contributed by atoms with Crippen molar-refractivity contribution in [2.45, 2.75) is 89.1 Å². The molecule has 12 heteroatoms. The summed E-state index contributed by atoms with van der Waals surface area (Å²) >= 11 is 4.35. The summed E-state index contributed by atoms with van der Waals surface area (Å²) in [5.41, 5.74) is -0.893. The van der Waals surface area contributed by atoms with Crippen molar-refractivity contribution in [1.82, 2.24) is 0 Å². The van der Waals surface area contributed by atoms with Gasteiger partial charge in [0, 0.05) is 23.3 Å². The number of thioether (sulfide) groups is 3. The summed E-state index contributed by atoms with van der Waals surface area (Å²) < 4.78 is 17.4. The van der Waals surface area contributed by atoms with Crippen molar-refractivity contribution in [3.63, 3.8) is 0 Å². The first kappa shape index (κ1) is 26.3. The van der Waals surface area contributed by atoms with E-state index < -0.39 is 36.6 Å². The fourth-order valence-corrected chi connectivity index (χ4v) is 8.16. The molecule has 3 heterocycles. The van der Waals surface area contributed by atoms with Gasteiger partial charge in [-0.2, -0.15) is 0 Å². The van der Waals surface area contributed by atoms with Gasteiger partial charge in [0.15, 0.2) is 0 Å². The van der Waals surface area contributed by atoms with Crippen LogP contribution >= 0.6 is 35.3 Å². The Bertz CT molecular complexity index is 548. The molecule has 0 aromatic heterocycles. The lowest BCUT2D eigenvalue weighted by atomic mass is 10.1. The molecule has 0 aromatic carbocycles. The van der Waals surface area contributed by atoms with Gasteiger partial charge in [0.25, 0.3) is 0 Å². The summed E-state index contributed by atoms with van der Waals surface area (Å²) in [6.07, 6.45) is -0.459. The van der Waals surface area contributed by atoms with Gasteiger partial charge in [-0.1, -0.05) is 0 Å². The number of ether oxygens (including phenoxy) is 3. The Morgan fingerprint density at radius 1 is 0.677 bits per heavy atom. The van der Waals surface area contributed by atoms with E-state index in [1.165, 1.54) is 35.3 Å². The summed E-state index contributed by atoms with van der Waals surface area (Å²) in [6, 6.07) is 0. The van der Waals surface area contributed by atoms with Gasteiger partial charge in [0.05, 0.1) is 44.2 Å². The molecule has 6 N–H and O–H groups in total. The molecule has 3 saturated heterocycles. The third-order valence-corrected chi connectivity index (χ3v) is 9.53. The van der Waals surface area contributed by atoms with E-state index in [-0.39, 0.29) is 46.6 Å². The molecule has 0 aliphatic carbocycles. The average Bonchev–Trinajstić information content (AvgIpc) is 2.76. The minimum atomic E-state index is -0.911. The summed E-state index contributed by atoms with van der Waals surface area (Å²) in [5, 5.41) is 59.5. The molecule has 9 nitrogen and oxygen atoms in total. The smallest absolute Gasteiger partial charge is 0.109 e. The fourth-order valence-electron chi connectivity index (χ4n) is 4.16. The molecule has 0 saturated carbocycles. The molecular weight excluding hydrogens is 468 g/mol. The summed E-state index contributed by atoms with van der Waals surface area (Å²) in [6.45, 7) is -0.789. The Labute approximate surface area is 195 Å². The Balaban J connectivity index is 1.64. The van der Waals surface area contributed by atoms with E-state index in [1.54, 1.807) is 0 Å². The maximum absolute atomic E-state index is 10.7. The summed E-state index contributed by atoms with van der Waals surface area (Å²) in [5.74, 6) is 0. The minimum Gasteiger partial charge on any atom is -0.394 e. The molecule has 3 fully saturated rings. The lowest BCUT2D eigenvalue weighted by molar-refractivity contribution is -0.110. The van der Waals surface area contributed by atoms with Crippen LogP contribution in [0.1, 0.15) is 25.7 Å². The van der Waals surface area contributed by atoms with E-state index in [2.05, 4.69) is 0 Å². The number of aliphatic hydroxyl groups excluding tert-OH is 6. The monoisotopic (exact) mass is 502 g/mol. The molecular formula is C19H34O9S3. The predicted octanol–water partition coefficient (Wildman–Crippen LogP) is -0.652. The van der Waals surface area contributed by atoms with Crippen LogP contribution in [0.15, 0.2) is 0 Å². The predicted molar refractivity (Wildman–Crippen MR) is 120 cm³/mol. The zero-order valence-electron chi connectivity index (χ0n) is 17.4. The zero-order valence-corrected chi connectivity index (χ0v) is 19.9. The molecule has 0 spiro atoms. The normalized spacial score (nSPS) is 46.7. The van der Waals surface area contributed by atoms with Crippen LogP contribution in [-0.4, -0.2) is 120 Å². The van der Waals surface area contributed by atoms with Crippen molar-refractivity contribution >= 4 is 35.3 Å². The highest BCUT2D eigenvalue weighted by Crippen LogP contribution is 2.43. The third kappa shape index (κ3) is 6.86. The van der Waals surface area contributed by atoms with Crippen molar-refractivity contribution < 1.29 is 44.8 Å². The van der Waals surface area contributed by atoms with Crippen LogP contribution in [0, 0.1) is 0 Å². The van der Waals surface area contributed by atoms with E-state index in [9.17, 15) is 30.6 Å². The van der Waals surface area contributed by atoms with Gasteiger partial charge >= 0.3 is 0 Å². The van der Waals surface area contributed by atoms with Crippen molar-refractivity contribution in [3.05, 3.63) is 0 Å². The highest BCUT2D eigenvalue weighted by atomic mass is 32.2. The summed E-state index contributed by atoms with van der Waals surface area (Å²) in [4.78, 5) is 0. The molecule has 31 heavy (non-hydrogen) atoms. The second-order valence-electron chi connectivity index (χ2n) is 8.11. The van der Waals surface area contributed by atoms with Crippen LogP contribution in [0.2, 0.25) is 0 Å². The first-order valence-electron chi connectivity index (χ1n) is 10.5. The van der Waals surface area contributed by atoms with E-state index in [4.69, 9.17) is 14.2 Å². The van der Waals surface area contributed by atoms with Crippen LogP contribution in [0.3, 0.4) is 0 Å². The van der Waals surface area contributed by atoms with Crippen molar-refractivity contribution in [3.8, 4) is 0 Å². The van der Waals surface area contributed by atoms with Crippen LogP contribution in [-0.2, 0) is 14.2 Å². The van der Waals surface area contributed by atoms with E-state index >= 15 is 0 Å². The fraction of sp³-hybridized carbons (Fsp3) is 1.00. The number of rotatable bonds is 8. The maximum Gasteiger partial charge on any atom is 0.109 e. The largest absolute Gasteiger partial charge is 0.394 e. The van der Waals surface area contributed by atoms with E-state index in [1.807, 2.05) is 6.26 Å². The highest BCUT2D eigenvalue weighted by molar-refractivity contribution is 8.01. The molecule has 3 aliphatic rings. The Morgan fingerprint density at radius 3 is 1.71 bits per heavy atom. The first-order chi connectivity index (χ1) is 14.9. The first-order valence-corrected chi connectivity index (χ1v) is 13.7. The van der Waals surface area contributed by atoms with Gasteiger partial charge < -0.3 is 44.8 Å². The van der Waals surface area contributed by atoms with Crippen LogP contribution < -0.4 is 0 Å². The van der Waals surface area contributed by atoms with Crippen LogP contribution in [0.25, 0.3) is 0 Å². The molecule has 0 amide bonds. The van der Waals surface area contributed by atoms with E-state index in [0.29, 0.717) is 25.7 Å². The molecule has 0 aromatic rings. The summed E-state index contributed by atoms with van der Waals surface area (Å²) in [7, 11) is 0. The van der Waals surface area contributed by atoms with Crippen molar-refractivity contribution in [2.24, 2.45) is 0 Å². The highest BCUT2D eigenvalue weighted by Gasteiger charge is 2.44. The molecule has 3 aliphatic heterocycles. The minimum absolute atomic E-state index is 0.140. The maximum atomic E-state index is 10.7. The quantitative estimate of drug-likeness (QED) is 0.250. The second-order valence-corrected chi connectivity index (χ2v) is 11.9. The Hall–Kier alpha value is 0.690. The van der Waals surface area contributed by atoms with Crippen LogP contribution in [0.4, 0.5) is 0 Å². The number of aliphatic hydroxyl groups is 6. The molecule has 182 valence electrons. The second kappa shape index (κ2) is 12.4. The standard InChI is InChI=1S/C19H34O9S3/c1-29-15-4-13(18(24)11(7-21)27-15)31-17-5-14(19(25)12(8-22)28-17)30-16-3-9(23)2-10(6-20)26-16/h9-25H,2-8H2,1H3/t9-,10-,11+,12+,13+,14+,15-,16-,17-,18+,19+/m0/s1. The van der Waals surface area contributed by atoms with Crippen LogP contribution in [0.5, 0.6) is 0 Å². The number of hydrogen-bond donors (Lipinski definition) is 6.